The van der Waals surface area contributed by atoms with Gasteiger partial charge in [-0.15, -0.1) is 0 Å². The van der Waals surface area contributed by atoms with Crippen LogP contribution in [0.3, 0.4) is 0 Å². The Morgan fingerprint density at radius 3 is 2.22 bits per heavy atom. The van der Waals surface area contributed by atoms with E-state index >= 15 is 0 Å². The number of benzene rings is 3. The zero-order chi connectivity index (χ0) is 26.5. The summed E-state index contributed by atoms with van der Waals surface area (Å²) in [7, 11) is -4.31. The number of phenolic OH excluding ortho intramolecular Hbond substituents is 1. The van der Waals surface area contributed by atoms with E-state index in [9.17, 15) is 36.6 Å². The topological polar surface area (TPSA) is 131 Å². The molecule has 0 heterocycles. The van der Waals surface area contributed by atoms with Crippen molar-refractivity contribution < 1.29 is 36.6 Å². The molecule has 3 N–H and O–H groups in total. The molecule has 0 aromatic heterocycles. The molecule has 8 nitrogen and oxygen atoms in total. The lowest BCUT2D eigenvalue weighted by Crippen LogP contribution is -2.30. The summed E-state index contributed by atoms with van der Waals surface area (Å²) in [5.41, 5.74) is -4.40. The van der Waals surface area contributed by atoms with Gasteiger partial charge in [0, 0.05) is 13.1 Å². The first kappa shape index (κ1) is 26.9. The van der Waals surface area contributed by atoms with Gasteiger partial charge in [-0.05, 0) is 47.5 Å². The van der Waals surface area contributed by atoms with Gasteiger partial charge in [-0.25, -0.2) is 13.2 Å². The lowest BCUT2D eigenvalue weighted by molar-refractivity contribution is -0.0324. The maximum absolute atomic E-state index is 13.4. The fourth-order valence-corrected chi connectivity index (χ4v) is 5.10. The first-order valence-corrected chi connectivity index (χ1v) is 12.3. The Labute approximate surface area is 208 Å². The Hall–Kier alpha value is -3.73. The molecule has 3 aromatic carbocycles. The summed E-state index contributed by atoms with van der Waals surface area (Å²) in [6, 6.07) is 16.8. The number of nitrogens with one attached hydrogen (secondary N) is 1. The van der Waals surface area contributed by atoms with E-state index in [0.29, 0.717) is 11.1 Å². The summed E-state index contributed by atoms with van der Waals surface area (Å²) < 4.78 is 67.5. The normalized spacial score (nSPS) is 11.8. The third-order valence-electron chi connectivity index (χ3n) is 4.88. The summed E-state index contributed by atoms with van der Waals surface area (Å²) >= 11 is -0.624. The number of nitriles is 1. The van der Waals surface area contributed by atoms with Gasteiger partial charge in [0.2, 0.25) is 10.0 Å². The number of phenols is 1. The number of hydrogen-bond acceptors (Lipinski definition) is 7. The van der Waals surface area contributed by atoms with Gasteiger partial charge in [-0.2, -0.15) is 22.7 Å². The average Bonchev–Trinajstić information content (AvgIpc) is 2.82. The fourth-order valence-electron chi connectivity index (χ4n) is 3.20. The second-order valence-corrected chi connectivity index (χ2v) is 10.2. The lowest BCUT2D eigenvalue weighted by atomic mass is 10.1. The molecule has 0 saturated carbocycles. The van der Waals surface area contributed by atoms with Crippen LogP contribution in [0.2, 0.25) is 0 Å². The highest BCUT2D eigenvalue weighted by atomic mass is 32.2. The van der Waals surface area contributed by atoms with Crippen molar-refractivity contribution in [3.05, 3.63) is 89.0 Å². The van der Waals surface area contributed by atoms with Gasteiger partial charge < -0.3 is 14.9 Å². The number of alkyl halides is 3. The molecule has 0 fully saturated rings. The number of aromatic carboxylic acids is 1. The van der Waals surface area contributed by atoms with Crippen molar-refractivity contribution in [2.24, 2.45) is 0 Å². The largest absolute Gasteiger partial charge is 0.507 e. The SMILES string of the molecule is N#Cc1ccc(CN(Cc2ccc(NSC(F)(F)F)c(C(=O)O)c2)S(=O)(=O)c2ccccc2O)cc1. The van der Waals surface area contributed by atoms with Gasteiger partial charge in [-0.3, -0.25) is 0 Å². The van der Waals surface area contributed by atoms with E-state index in [0.717, 1.165) is 16.4 Å². The number of carbonyl (C=O) groups is 1. The molecule has 0 radical (unpaired) electrons. The predicted octanol–water partition coefficient (Wildman–Crippen LogP) is 4.93. The molecule has 0 aliphatic carbocycles. The molecular formula is C23H18F3N3O5S2. The highest BCUT2D eigenvalue weighted by Gasteiger charge is 2.30. The predicted molar refractivity (Wildman–Crippen MR) is 126 cm³/mol. The van der Waals surface area contributed by atoms with E-state index < -0.39 is 44.8 Å². The third-order valence-corrected chi connectivity index (χ3v) is 7.27. The Morgan fingerprint density at radius 1 is 1.03 bits per heavy atom. The van der Waals surface area contributed by atoms with Crippen LogP contribution in [0.15, 0.2) is 71.6 Å². The molecule has 3 rings (SSSR count). The van der Waals surface area contributed by atoms with Crippen molar-refractivity contribution in [3.63, 3.8) is 0 Å². The molecule has 188 valence electrons. The van der Waals surface area contributed by atoms with Crippen LogP contribution in [0.25, 0.3) is 0 Å². The number of halogens is 3. The van der Waals surface area contributed by atoms with Gasteiger partial charge in [0.25, 0.3) is 0 Å². The van der Waals surface area contributed by atoms with Crippen molar-refractivity contribution in [3.8, 4) is 11.8 Å². The van der Waals surface area contributed by atoms with Crippen LogP contribution in [0.5, 0.6) is 5.75 Å². The third kappa shape index (κ3) is 6.69. The van der Waals surface area contributed by atoms with Crippen molar-refractivity contribution in [2.75, 3.05) is 4.72 Å². The van der Waals surface area contributed by atoms with Crippen molar-refractivity contribution >= 4 is 33.6 Å². The summed E-state index contributed by atoms with van der Waals surface area (Å²) in [6.45, 7) is -0.557. The van der Waals surface area contributed by atoms with Crippen LogP contribution in [-0.4, -0.2) is 34.4 Å². The molecular weight excluding hydrogens is 519 g/mol. The maximum atomic E-state index is 13.4. The molecule has 0 spiro atoms. The molecule has 36 heavy (non-hydrogen) atoms. The Bertz CT molecular complexity index is 1410. The number of anilines is 1. The standard InChI is InChI=1S/C23H18F3N3O5S2/c24-23(25,26)35-28-19-10-9-17(11-18(19)22(31)32)14-29(13-16-7-5-15(12-27)6-8-16)36(33,34)21-4-2-1-3-20(21)30/h1-11,28,30H,13-14H2,(H,31,32). The van der Waals surface area contributed by atoms with Crippen molar-refractivity contribution in [2.45, 2.75) is 23.5 Å². The molecule has 0 bridgehead atoms. The highest BCUT2D eigenvalue weighted by Crippen LogP contribution is 2.33. The summed E-state index contributed by atoms with van der Waals surface area (Å²) in [5.74, 6) is -2.00. The molecule has 3 aromatic rings. The van der Waals surface area contributed by atoms with E-state index in [1.165, 1.54) is 42.5 Å². The Morgan fingerprint density at radius 2 is 1.64 bits per heavy atom. The van der Waals surface area contributed by atoms with Gasteiger partial charge in [0.1, 0.15) is 10.6 Å². The molecule has 0 atom stereocenters. The van der Waals surface area contributed by atoms with E-state index in [4.69, 9.17) is 5.26 Å². The minimum Gasteiger partial charge on any atom is -0.507 e. The first-order valence-electron chi connectivity index (χ1n) is 10.0. The summed E-state index contributed by atoms with van der Waals surface area (Å²) in [6.07, 6.45) is 0. The molecule has 13 heteroatoms. The second-order valence-electron chi connectivity index (χ2n) is 7.38. The second kappa shape index (κ2) is 10.9. The molecule has 0 saturated heterocycles. The average molecular weight is 538 g/mol. The zero-order valence-electron chi connectivity index (χ0n) is 18.2. The quantitative estimate of drug-likeness (QED) is 0.328. The van der Waals surface area contributed by atoms with Gasteiger partial charge in [-0.1, -0.05) is 30.3 Å². The number of carboxylic acid groups (broad SMARTS) is 1. The van der Waals surface area contributed by atoms with E-state index in [1.54, 1.807) is 12.1 Å². The molecule has 0 aliphatic heterocycles. The van der Waals surface area contributed by atoms with Gasteiger partial charge in [0.15, 0.2) is 0 Å². The number of aromatic hydroxyl groups is 1. The van der Waals surface area contributed by atoms with Crippen LogP contribution in [0.4, 0.5) is 18.9 Å². The van der Waals surface area contributed by atoms with E-state index in [2.05, 4.69) is 0 Å². The van der Waals surface area contributed by atoms with Gasteiger partial charge in [0.05, 0.1) is 34.8 Å². The summed E-state index contributed by atoms with van der Waals surface area (Å²) in [4.78, 5) is 11.3. The van der Waals surface area contributed by atoms with Crippen molar-refractivity contribution in [1.29, 1.82) is 5.26 Å². The van der Waals surface area contributed by atoms with Crippen LogP contribution in [-0.2, 0) is 23.1 Å². The number of hydrogen-bond donors (Lipinski definition) is 3. The lowest BCUT2D eigenvalue weighted by Gasteiger charge is -2.23. The molecule has 0 unspecified atom stereocenters. The van der Waals surface area contributed by atoms with Crippen LogP contribution < -0.4 is 4.72 Å². The minimum atomic E-state index is -4.65. The van der Waals surface area contributed by atoms with E-state index in [1.807, 2.05) is 10.8 Å². The smallest absolute Gasteiger partial charge is 0.461 e. The minimum absolute atomic E-state index is 0.183. The van der Waals surface area contributed by atoms with E-state index in [-0.39, 0.29) is 29.2 Å². The molecule has 0 amide bonds. The molecule has 0 aliphatic rings. The van der Waals surface area contributed by atoms with Crippen LogP contribution >= 0.6 is 11.9 Å². The first-order chi connectivity index (χ1) is 16.9. The monoisotopic (exact) mass is 537 g/mol. The number of nitrogens with zero attached hydrogens (tertiary/aromatic N) is 2. The highest BCUT2D eigenvalue weighted by molar-refractivity contribution is 8.01. The van der Waals surface area contributed by atoms with Gasteiger partial charge >= 0.3 is 11.5 Å². The zero-order valence-corrected chi connectivity index (χ0v) is 19.9. The number of carboxylic acids is 1. The van der Waals surface area contributed by atoms with Crippen LogP contribution in [0.1, 0.15) is 27.0 Å². The number of sulfonamides is 1. The Balaban J connectivity index is 2.00. The summed E-state index contributed by atoms with van der Waals surface area (Å²) in [5, 5.41) is 28.6. The van der Waals surface area contributed by atoms with Crippen LogP contribution in [0, 0.1) is 11.3 Å². The number of para-hydroxylation sites is 1. The maximum Gasteiger partial charge on any atom is 0.461 e. The number of rotatable bonds is 9. The Kier molecular flexibility index (Phi) is 8.13. The fraction of sp³-hybridized carbons (Fsp3) is 0.130. The van der Waals surface area contributed by atoms with Crippen molar-refractivity contribution in [1.82, 2.24) is 4.31 Å².